The predicted molar refractivity (Wildman–Crippen MR) is 94.7 cm³/mol. The molecule has 22 heavy (non-hydrogen) atoms. The van der Waals surface area contributed by atoms with Gasteiger partial charge in [0.1, 0.15) is 5.75 Å². The lowest BCUT2D eigenvalue weighted by Gasteiger charge is -2.16. The molecule has 1 aromatic carbocycles. The molecule has 1 amide bonds. The molecule has 0 fully saturated rings. The van der Waals surface area contributed by atoms with Crippen LogP contribution in [0.1, 0.15) is 17.7 Å². The molecule has 2 aromatic rings. The number of ether oxygens (including phenoxy) is 1. The first kappa shape index (κ1) is 17.3. The average Bonchev–Trinajstić information content (AvgIpc) is 2.88. The van der Waals surface area contributed by atoms with Gasteiger partial charge in [-0.25, -0.2) is 0 Å². The van der Waals surface area contributed by atoms with Crippen molar-refractivity contribution >= 4 is 44.8 Å². The van der Waals surface area contributed by atoms with Crippen LogP contribution in [0.4, 0.5) is 0 Å². The van der Waals surface area contributed by atoms with Gasteiger partial charge in [0, 0.05) is 22.8 Å². The smallest absolute Gasteiger partial charge is 0.222 e. The molecule has 0 aliphatic rings. The van der Waals surface area contributed by atoms with Crippen LogP contribution < -0.4 is 4.74 Å². The van der Waals surface area contributed by atoms with Crippen molar-refractivity contribution in [3.8, 4) is 5.75 Å². The Balaban J connectivity index is 1.68. The van der Waals surface area contributed by atoms with Crippen LogP contribution in [0.15, 0.2) is 40.9 Å². The van der Waals surface area contributed by atoms with Crippen LogP contribution in [-0.4, -0.2) is 24.5 Å². The number of halogens is 2. The number of benzene rings is 1. The highest BCUT2D eigenvalue weighted by atomic mass is 79.9. The molecule has 1 heterocycles. The SMILES string of the molecule is CN(Cc1ccc(Cl)s1)C(=O)CCCOc1cccc(Br)c1. The molecule has 0 unspecified atom stereocenters. The molecule has 6 heteroatoms. The van der Waals surface area contributed by atoms with Crippen molar-refractivity contribution in [3.63, 3.8) is 0 Å². The first-order chi connectivity index (χ1) is 10.5. The van der Waals surface area contributed by atoms with Crippen molar-refractivity contribution in [3.05, 3.63) is 50.1 Å². The number of nitrogens with zero attached hydrogens (tertiary/aromatic N) is 1. The third kappa shape index (κ3) is 5.63. The Hall–Kier alpha value is -1.04. The van der Waals surface area contributed by atoms with Gasteiger partial charge < -0.3 is 9.64 Å². The van der Waals surface area contributed by atoms with Crippen molar-refractivity contribution in [1.82, 2.24) is 4.90 Å². The first-order valence-electron chi connectivity index (χ1n) is 6.91. The summed E-state index contributed by atoms with van der Waals surface area (Å²) in [5, 5.41) is 0. The zero-order valence-electron chi connectivity index (χ0n) is 12.2. The van der Waals surface area contributed by atoms with E-state index in [1.807, 2.05) is 43.4 Å². The molecule has 0 radical (unpaired) electrons. The van der Waals surface area contributed by atoms with E-state index in [2.05, 4.69) is 15.9 Å². The van der Waals surface area contributed by atoms with Gasteiger partial charge >= 0.3 is 0 Å². The highest BCUT2D eigenvalue weighted by Gasteiger charge is 2.10. The van der Waals surface area contributed by atoms with Gasteiger partial charge in [-0.15, -0.1) is 11.3 Å². The van der Waals surface area contributed by atoms with Crippen molar-refractivity contribution in [2.45, 2.75) is 19.4 Å². The number of thiophene rings is 1. The van der Waals surface area contributed by atoms with Crippen molar-refractivity contribution in [2.75, 3.05) is 13.7 Å². The van der Waals surface area contributed by atoms with Gasteiger partial charge in [-0.1, -0.05) is 33.6 Å². The minimum absolute atomic E-state index is 0.113. The predicted octanol–water partition coefficient (Wildman–Crippen LogP) is 4.98. The highest BCUT2D eigenvalue weighted by Crippen LogP contribution is 2.22. The molecule has 0 spiro atoms. The maximum Gasteiger partial charge on any atom is 0.222 e. The summed E-state index contributed by atoms with van der Waals surface area (Å²) in [4.78, 5) is 14.9. The standard InChI is InChI=1S/C16H17BrClNO2S/c1-19(11-14-7-8-15(18)22-14)16(20)6-3-9-21-13-5-2-4-12(17)10-13/h2,4-5,7-8,10H,3,6,9,11H2,1H3. The van der Waals surface area contributed by atoms with Gasteiger partial charge in [-0.05, 0) is 36.8 Å². The third-order valence-corrected chi connectivity index (χ3v) is 4.76. The van der Waals surface area contributed by atoms with Crippen LogP contribution >= 0.6 is 38.9 Å². The van der Waals surface area contributed by atoms with Crippen LogP contribution in [0.5, 0.6) is 5.75 Å². The van der Waals surface area contributed by atoms with E-state index in [1.54, 1.807) is 4.90 Å². The summed E-state index contributed by atoms with van der Waals surface area (Å²) < 4.78 is 7.35. The van der Waals surface area contributed by atoms with Gasteiger partial charge in [0.25, 0.3) is 0 Å². The van der Waals surface area contributed by atoms with E-state index >= 15 is 0 Å². The van der Waals surface area contributed by atoms with E-state index in [-0.39, 0.29) is 5.91 Å². The molecule has 1 aromatic heterocycles. The van der Waals surface area contributed by atoms with E-state index in [4.69, 9.17) is 16.3 Å². The normalized spacial score (nSPS) is 10.5. The second-order valence-electron chi connectivity index (χ2n) is 4.87. The van der Waals surface area contributed by atoms with Gasteiger partial charge in [0.05, 0.1) is 17.5 Å². The van der Waals surface area contributed by atoms with Crippen LogP contribution in [0.3, 0.4) is 0 Å². The Bertz CT molecular complexity index is 632. The first-order valence-corrected chi connectivity index (χ1v) is 8.90. The largest absolute Gasteiger partial charge is 0.494 e. The van der Waals surface area contributed by atoms with Crippen LogP contribution in [0, 0.1) is 0 Å². The number of rotatable bonds is 7. The summed E-state index contributed by atoms with van der Waals surface area (Å²) in [7, 11) is 1.81. The third-order valence-electron chi connectivity index (χ3n) is 3.05. The highest BCUT2D eigenvalue weighted by molar-refractivity contribution is 9.10. The number of carbonyl (C=O) groups is 1. The lowest BCUT2D eigenvalue weighted by atomic mass is 10.3. The van der Waals surface area contributed by atoms with E-state index in [1.165, 1.54) is 11.3 Å². The van der Waals surface area contributed by atoms with Gasteiger partial charge in [0.2, 0.25) is 5.91 Å². The topological polar surface area (TPSA) is 29.5 Å². The van der Waals surface area contributed by atoms with Crippen molar-refractivity contribution in [2.24, 2.45) is 0 Å². The molecular weight excluding hydrogens is 386 g/mol. The molecular formula is C16H17BrClNO2S. The Kier molecular flexibility index (Phi) is 6.73. The fraction of sp³-hybridized carbons (Fsp3) is 0.312. The summed E-state index contributed by atoms with van der Waals surface area (Å²) in [6, 6.07) is 11.5. The summed E-state index contributed by atoms with van der Waals surface area (Å²) in [6.45, 7) is 1.13. The quantitative estimate of drug-likeness (QED) is 0.611. The molecule has 0 bridgehead atoms. The summed E-state index contributed by atoms with van der Waals surface area (Å²) >= 11 is 10.8. The maximum absolute atomic E-state index is 12.1. The minimum atomic E-state index is 0.113. The Morgan fingerprint density at radius 3 is 2.86 bits per heavy atom. The number of carbonyl (C=O) groups excluding carboxylic acids is 1. The Morgan fingerprint density at radius 2 is 2.18 bits per heavy atom. The Morgan fingerprint density at radius 1 is 1.36 bits per heavy atom. The van der Waals surface area contributed by atoms with E-state index in [9.17, 15) is 4.79 Å². The molecule has 0 saturated carbocycles. The van der Waals surface area contributed by atoms with Crippen LogP contribution in [-0.2, 0) is 11.3 Å². The van der Waals surface area contributed by atoms with Crippen molar-refractivity contribution < 1.29 is 9.53 Å². The van der Waals surface area contributed by atoms with Gasteiger partial charge in [0.15, 0.2) is 0 Å². The minimum Gasteiger partial charge on any atom is -0.494 e. The maximum atomic E-state index is 12.1. The zero-order valence-corrected chi connectivity index (χ0v) is 15.4. The Labute approximate surface area is 148 Å². The summed E-state index contributed by atoms with van der Waals surface area (Å²) in [5.41, 5.74) is 0. The average molecular weight is 403 g/mol. The van der Waals surface area contributed by atoms with Crippen LogP contribution in [0.25, 0.3) is 0 Å². The van der Waals surface area contributed by atoms with E-state index in [0.29, 0.717) is 26.0 Å². The second kappa shape index (κ2) is 8.56. The number of hydrogen-bond donors (Lipinski definition) is 0. The fourth-order valence-corrected chi connectivity index (χ4v) is 3.44. The molecule has 0 atom stereocenters. The van der Waals surface area contributed by atoms with Gasteiger partial charge in [-0.2, -0.15) is 0 Å². The summed E-state index contributed by atoms with van der Waals surface area (Å²) in [5.74, 6) is 0.922. The number of amides is 1. The summed E-state index contributed by atoms with van der Waals surface area (Å²) in [6.07, 6.45) is 1.17. The monoisotopic (exact) mass is 401 g/mol. The van der Waals surface area contributed by atoms with Gasteiger partial charge in [-0.3, -0.25) is 4.79 Å². The molecule has 3 nitrogen and oxygen atoms in total. The molecule has 0 saturated heterocycles. The lowest BCUT2D eigenvalue weighted by Crippen LogP contribution is -2.25. The molecule has 2 rings (SSSR count). The van der Waals surface area contributed by atoms with Crippen molar-refractivity contribution in [1.29, 1.82) is 0 Å². The zero-order chi connectivity index (χ0) is 15.9. The lowest BCUT2D eigenvalue weighted by molar-refractivity contribution is -0.130. The second-order valence-corrected chi connectivity index (χ2v) is 7.58. The number of hydrogen-bond acceptors (Lipinski definition) is 3. The van der Waals surface area contributed by atoms with Crippen LogP contribution in [0.2, 0.25) is 4.34 Å². The molecule has 0 aliphatic carbocycles. The molecule has 118 valence electrons. The van der Waals surface area contributed by atoms with E-state index in [0.717, 1.165) is 19.4 Å². The molecule has 0 aliphatic heterocycles. The molecule has 0 N–H and O–H groups in total. The fourth-order valence-electron chi connectivity index (χ4n) is 1.92. The van der Waals surface area contributed by atoms with E-state index < -0.39 is 0 Å².